The zero-order valence-corrected chi connectivity index (χ0v) is 12.1. The van der Waals surface area contributed by atoms with Crippen molar-refractivity contribution in [1.82, 2.24) is 0 Å². The van der Waals surface area contributed by atoms with Gasteiger partial charge < -0.3 is 5.11 Å². The molecule has 21 heavy (non-hydrogen) atoms. The summed E-state index contributed by atoms with van der Waals surface area (Å²) in [5, 5.41) is 10.8. The van der Waals surface area contributed by atoms with Crippen LogP contribution in [0.3, 0.4) is 0 Å². The third kappa shape index (κ3) is 2.95. The molecule has 4 heteroatoms. The summed E-state index contributed by atoms with van der Waals surface area (Å²) in [4.78, 5) is 0. The van der Waals surface area contributed by atoms with Crippen LogP contribution in [0.1, 0.15) is 34.7 Å². The molecule has 0 aliphatic heterocycles. The molecule has 1 N–H and O–H groups in total. The summed E-state index contributed by atoms with van der Waals surface area (Å²) in [6, 6.07) is 10.5. The Balaban J connectivity index is 2.67. The normalized spacial score (nSPS) is 14.8. The molecular formula is C17H17F3O. The van der Waals surface area contributed by atoms with Gasteiger partial charge in [-0.1, -0.05) is 42.0 Å². The maximum atomic E-state index is 13.2. The lowest BCUT2D eigenvalue weighted by Crippen LogP contribution is -2.28. The van der Waals surface area contributed by atoms with Crippen molar-refractivity contribution in [2.24, 2.45) is 0 Å². The molecule has 1 atom stereocenters. The SMILES string of the molecule is Cc1ccc(C)c(C(C)(O)c2ccccc2C(F)(F)F)c1. The van der Waals surface area contributed by atoms with Gasteiger partial charge in [0.15, 0.2) is 0 Å². The fraction of sp³-hybridized carbons (Fsp3) is 0.294. The van der Waals surface area contributed by atoms with E-state index in [4.69, 9.17) is 0 Å². The molecule has 0 spiro atoms. The van der Waals surface area contributed by atoms with Crippen LogP contribution in [0.2, 0.25) is 0 Å². The minimum absolute atomic E-state index is 0.133. The largest absolute Gasteiger partial charge is 0.416 e. The van der Waals surface area contributed by atoms with Gasteiger partial charge >= 0.3 is 6.18 Å². The molecule has 0 radical (unpaired) electrons. The average molecular weight is 294 g/mol. The monoisotopic (exact) mass is 294 g/mol. The Bertz CT molecular complexity index is 657. The predicted octanol–water partition coefficient (Wildman–Crippen LogP) is 4.58. The van der Waals surface area contributed by atoms with Crippen molar-refractivity contribution >= 4 is 0 Å². The standard InChI is InChI=1S/C17H17F3O/c1-11-8-9-12(2)15(10-11)16(3,21)13-6-4-5-7-14(13)17(18,19)20/h4-10,21H,1-3H3. The van der Waals surface area contributed by atoms with Crippen molar-refractivity contribution in [2.45, 2.75) is 32.5 Å². The molecule has 1 unspecified atom stereocenters. The quantitative estimate of drug-likeness (QED) is 0.859. The molecule has 0 bridgehead atoms. The van der Waals surface area contributed by atoms with Gasteiger partial charge in [-0.25, -0.2) is 0 Å². The Kier molecular flexibility index (Phi) is 3.85. The minimum atomic E-state index is -4.50. The summed E-state index contributed by atoms with van der Waals surface area (Å²) in [7, 11) is 0. The van der Waals surface area contributed by atoms with E-state index in [1.807, 2.05) is 13.0 Å². The van der Waals surface area contributed by atoms with E-state index in [1.165, 1.54) is 25.1 Å². The van der Waals surface area contributed by atoms with Crippen LogP contribution < -0.4 is 0 Å². The van der Waals surface area contributed by atoms with Crippen LogP contribution in [0.4, 0.5) is 13.2 Å². The van der Waals surface area contributed by atoms with E-state index in [9.17, 15) is 18.3 Å². The van der Waals surface area contributed by atoms with Gasteiger partial charge in [-0.3, -0.25) is 0 Å². The van der Waals surface area contributed by atoms with E-state index < -0.39 is 17.3 Å². The second-order valence-corrected chi connectivity index (χ2v) is 5.43. The zero-order valence-electron chi connectivity index (χ0n) is 12.1. The third-order valence-corrected chi connectivity index (χ3v) is 3.67. The lowest BCUT2D eigenvalue weighted by atomic mass is 9.82. The Morgan fingerprint density at radius 2 is 1.43 bits per heavy atom. The molecule has 0 saturated heterocycles. The Hall–Kier alpha value is -1.81. The van der Waals surface area contributed by atoms with E-state index in [1.54, 1.807) is 19.1 Å². The maximum Gasteiger partial charge on any atom is 0.416 e. The highest BCUT2D eigenvalue weighted by Gasteiger charge is 2.39. The topological polar surface area (TPSA) is 20.2 Å². The second kappa shape index (κ2) is 5.19. The van der Waals surface area contributed by atoms with Gasteiger partial charge in [-0.15, -0.1) is 0 Å². The predicted molar refractivity (Wildman–Crippen MR) is 76.0 cm³/mol. The Labute approximate surface area is 122 Å². The molecule has 2 rings (SSSR count). The number of hydrogen-bond donors (Lipinski definition) is 1. The lowest BCUT2D eigenvalue weighted by Gasteiger charge is -2.29. The van der Waals surface area contributed by atoms with Gasteiger partial charge in [0, 0.05) is 0 Å². The summed E-state index contributed by atoms with van der Waals surface area (Å²) < 4.78 is 39.5. The van der Waals surface area contributed by atoms with Crippen molar-refractivity contribution in [1.29, 1.82) is 0 Å². The molecule has 112 valence electrons. The molecule has 0 aliphatic rings. The van der Waals surface area contributed by atoms with Crippen LogP contribution in [0.25, 0.3) is 0 Å². The number of aliphatic hydroxyl groups is 1. The van der Waals surface area contributed by atoms with Crippen LogP contribution >= 0.6 is 0 Å². The number of hydrogen-bond acceptors (Lipinski definition) is 1. The van der Waals surface area contributed by atoms with E-state index >= 15 is 0 Å². The summed E-state index contributed by atoms with van der Waals surface area (Å²) in [6.07, 6.45) is -4.50. The van der Waals surface area contributed by atoms with Gasteiger partial charge in [0.2, 0.25) is 0 Å². The number of rotatable bonds is 2. The highest BCUT2D eigenvalue weighted by atomic mass is 19.4. The first-order valence-corrected chi connectivity index (χ1v) is 6.61. The number of halogens is 3. The lowest BCUT2D eigenvalue weighted by molar-refractivity contribution is -0.139. The molecule has 0 amide bonds. The third-order valence-electron chi connectivity index (χ3n) is 3.67. The first kappa shape index (κ1) is 15.6. The highest BCUT2D eigenvalue weighted by molar-refractivity contribution is 5.45. The van der Waals surface area contributed by atoms with Crippen molar-refractivity contribution in [2.75, 3.05) is 0 Å². The highest BCUT2D eigenvalue weighted by Crippen LogP contribution is 2.40. The molecule has 0 aromatic heterocycles. The average Bonchev–Trinajstić information content (AvgIpc) is 2.40. The first-order chi connectivity index (χ1) is 9.64. The van der Waals surface area contributed by atoms with Crippen molar-refractivity contribution in [3.63, 3.8) is 0 Å². The molecule has 2 aromatic carbocycles. The zero-order chi connectivity index (χ0) is 15.8. The van der Waals surface area contributed by atoms with E-state index in [0.29, 0.717) is 5.56 Å². The minimum Gasteiger partial charge on any atom is -0.381 e. The number of alkyl halides is 3. The molecule has 0 saturated carbocycles. The fourth-order valence-electron chi connectivity index (χ4n) is 2.56. The van der Waals surface area contributed by atoms with E-state index in [2.05, 4.69) is 0 Å². The molecular weight excluding hydrogens is 277 g/mol. The number of aryl methyl sites for hydroxylation is 2. The Morgan fingerprint density at radius 1 is 0.857 bits per heavy atom. The molecule has 0 fully saturated rings. The van der Waals surface area contributed by atoms with Gasteiger partial charge in [0.05, 0.1) is 5.56 Å². The summed E-state index contributed by atoms with van der Waals surface area (Å²) in [6.45, 7) is 5.02. The van der Waals surface area contributed by atoms with Gasteiger partial charge in [-0.05, 0) is 43.5 Å². The van der Waals surface area contributed by atoms with Crippen molar-refractivity contribution < 1.29 is 18.3 Å². The molecule has 0 heterocycles. The van der Waals surface area contributed by atoms with Crippen molar-refractivity contribution in [3.8, 4) is 0 Å². The van der Waals surface area contributed by atoms with E-state index in [0.717, 1.165) is 17.2 Å². The summed E-state index contributed by atoms with van der Waals surface area (Å²) in [5.41, 5.74) is -0.522. The molecule has 0 aliphatic carbocycles. The second-order valence-electron chi connectivity index (χ2n) is 5.43. The van der Waals surface area contributed by atoms with Crippen LogP contribution in [-0.4, -0.2) is 5.11 Å². The van der Waals surface area contributed by atoms with Crippen LogP contribution in [0.5, 0.6) is 0 Å². The smallest absolute Gasteiger partial charge is 0.381 e. The summed E-state index contributed by atoms with van der Waals surface area (Å²) >= 11 is 0. The van der Waals surface area contributed by atoms with Crippen LogP contribution in [-0.2, 0) is 11.8 Å². The van der Waals surface area contributed by atoms with E-state index in [-0.39, 0.29) is 5.56 Å². The van der Waals surface area contributed by atoms with Crippen molar-refractivity contribution in [3.05, 3.63) is 70.3 Å². The molecule has 1 nitrogen and oxygen atoms in total. The number of benzene rings is 2. The van der Waals surface area contributed by atoms with Gasteiger partial charge in [0.25, 0.3) is 0 Å². The maximum absolute atomic E-state index is 13.2. The summed E-state index contributed by atoms with van der Waals surface area (Å²) in [5.74, 6) is 0. The van der Waals surface area contributed by atoms with Crippen LogP contribution in [0, 0.1) is 13.8 Å². The first-order valence-electron chi connectivity index (χ1n) is 6.61. The van der Waals surface area contributed by atoms with Gasteiger partial charge in [0.1, 0.15) is 5.60 Å². The fourth-order valence-corrected chi connectivity index (χ4v) is 2.56. The Morgan fingerprint density at radius 3 is 2.00 bits per heavy atom. The molecule has 2 aromatic rings. The van der Waals surface area contributed by atoms with Gasteiger partial charge in [-0.2, -0.15) is 13.2 Å². The van der Waals surface area contributed by atoms with Crippen LogP contribution in [0.15, 0.2) is 42.5 Å².